The Labute approximate surface area is 154 Å². The molecule has 0 bridgehead atoms. The molecule has 6 heteroatoms. The van der Waals surface area contributed by atoms with Crippen LogP contribution in [0.3, 0.4) is 0 Å². The number of hydrogen-bond donors (Lipinski definition) is 0. The summed E-state index contributed by atoms with van der Waals surface area (Å²) < 4.78 is 1.67. The highest BCUT2D eigenvalue weighted by Crippen LogP contribution is 2.32. The van der Waals surface area contributed by atoms with Gasteiger partial charge in [-0.15, -0.1) is 0 Å². The van der Waals surface area contributed by atoms with E-state index >= 15 is 0 Å². The lowest BCUT2D eigenvalue weighted by Crippen LogP contribution is -2.37. The zero-order valence-electron chi connectivity index (χ0n) is 15.4. The molecule has 0 N–H and O–H groups in total. The summed E-state index contributed by atoms with van der Waals surface area (Å²) in [5, 5.41) is 4.12. The van der Waals surface area contributed by atoms with Crippen molar-refractivity contribution in [1.29, 1.82) is 0 Å². The minimum atomic E-state index is 0.126. The monoisotopic (exact) mass is 353 g/mol. The normalized spacial score (nSPS) is 22.0. The Morgan fingerprint density at radius 3 is 2.62 bits per heavy atom. The predicted molar refractivity (Wildman–Crippen MR) is 99.5 cm³/mol. The fraction of sp³-hybridized carbons (Fsp3) is 0.550. The Bertz CT molecular complexity index is 736. The number of hydrogen-bond acceptors (Lipinski definition) is 4. The van der Waals surface area contributed by atoms with Gasteiger partial charge in [0, 0.05) is 45.3 Å². The van der Waals surface area contributed by atoms with E-state index in [0.29, 0.717) is 11.6 Å². The topological polar surface area (TPSA) is 54.3 Å². The summed E-state index contributed by atoms with van der Waals surface area (Å²) in [4.78, 5) is 21.4. The van der Waals surface area contributed by atoms with Crippen LogP contribution >= 0.6 is 0 Å². The van der Waals surface area contributed by atoms with E-state index in [2.05, 4.69) is 21.0 Å². The van der Waals surface area contributed by atoms with E-state index in [1.54, 1.807) is 10.9 Å². The molecule has 2 saturated heterocycles. The third-order valence-corrected chi connectivity index (χ3v) is 5.98. The van der Waals surface area contributed by atoms with E-state index in [4.69, 9.17) is 0 Å². The quantitative estimate of drug-likeness (QED) is 0.845. The van der Waals surface area contributed by atoms with Crippen LogP contribution < -0.4 is 0 Å². The van der Waals surface area contributed by atoms with E-state index in [1.807, 2.05) is 36.5 Å². The second-order valence-electron chi connectivity index (χ2n) is 7.61. The summed E-state index contributed by atoms with van der Waals surface area (Å²) in [5.41, 5.74) is 1.98. The summed E-state index contributed by atoms with van der Waals surface area (Å²) in [7, 11) is 1.83. The van der Waals surface area contributed by atoms with Gasteiger partial charge in [-0.25, -0.2) is 0 Å². The third kappa shape index (κ3) is 3.65. The molecular formula is C20H27N5O. The first-order chi connectivity index (χ1) is 12.7. The molecule has 0 unspecified atom stereocenters. The first-order valence-corrected chi connectivity index (χ1v) is 9.59. The van der Waals surface area contributed by atoms with Gasteiger partial charge in [-0.2, -0.15) is 5.10 Å². The molecule has 1 amide bonds. The van der Waals surface area contributed by atoms with Crippen LogP contribution in [0.4, 0.5) is 0 Å². The lowest BCUT2D eigenvalue weighted by Gasteiger charge is -2.34. The predicted octanol–water partition coefficient (Wildman–Crippen LogP) is 2.19. The molecule has 0 aliphatic carbocycles. The van der Waals surface area contributed by atoms with E-state index < -0.39 is 0 Å². The molecule has 0 spiro atoms. The SMILES string of the molecule is Cn1nccc1C(=O)N1CC[C@H](C2CCN(Cc3cccnc3)CC2)C1. The van der Waals surface area contributed by atoms with Crippen molar-refractivity contribution in [2.45, 2.75) is 25.8 Å². The Morgan fingerprint density at radius 1 is 1.12 bits per heavy atom. The van der Waals surface area contributed by atoms with Crippen LogP contribution in [0.15, 0.2) is 36.8 Å². The van der Waals surface area contributed by atoms with Gasteiger partial charge in [0.25, 0.3) is 5.91 Å². The molecule has 6 nitrogen and oxygen atoms in total. The second kappa shape index (κ2) is 7.58. The van der Waals surface area contributed by atoms with Crippen molar-refractivity contribution in [3.8, 4) is 0 Å². The van der Waals surface area contributed by atoms with Crippen molar-refractivity contribution in [2.75, 3.05) is 26.2 Å². The molecule has 1 atom stereocenters. The molecule has 26 heavy (non-hydrogen) atoms. The maximum absolute atomic E-state index is 12.7. The molecule has 2 fully saturated rings. The first kappa shape index (κ1) is 17.2. The minimum absolute atomic E-state index is 0.126. The van der Waals surface area contributed by atoms with Crippen LogP contribution in [0.2, 0.25) is 0 Å². The molecule has 0 aromatic carbocycles. The summed E-state index contributed by atoms with van der Waals surface area (Å²) in [6.07, 6.45) is 9.09. The molecule has 2 aliphatic heterocycles. The maximum atomic E-state index is 12.7. The smallest absolute Gasteiger partial charge is 0.272 e. The van der Waals surface area contributed by atoms with Crippen molar-refractivity contribution >= 4 is 5.91 Å². The number of carbonyl (C=O) groups excluding carboxylic acids is 1. The zero-order valence-corrected chi connectivity index (χ0v) is 15.4. The van der Waals surface area contributed by atoms with Crippen LogP contribution in [0.5, 0.6) is 0 Å². The first-order valence-electron chi connectivity index (χ1n) is 9.59. The van der Waals surface area contributed by atoms with Gasteiger partial charge < -0.3 is 4.90 Å². The Balaban J connectivity index is 1.28. The number of piperidine rings is 1. The number of pyridine rings is 1. The molecule has 2 aromatic heterocycles. The summed E-state index contributed by atoms with van der Waals surface area (Å²) in [6, 6.07) is 5.97. The van der Waals surface area contributed by atoms with Crippen molar-refractivity contribution in [1.82, 2.24) is 24.6 Å². The molecule has 138 valence electrons. The van der Waals surface area contributed by atoms with Crippen LogP contribution in [0.25, 0.3) is 0 Å². The van der Waals surface area contributed by atoms with Gasteiger partial charge in [0.2, 0.25) is 0 Å². The average Bonchev–Trinajstić information content (AvgIpc) is 3.32. The molecular weight excluding hydrogens is 326 g/mol. The summed E-state index contributed by atoms with van der Waals surface area (Å²) in [6.45, 7) is 5.07. The lowest BCUT2D eigenvalue weighted by molar-refractivity contribution is 0.0762. The molecule has 4 rings (SSSR count). The van der Waals surface area contributed by atoms with Crippen LogP contribution in [0, 0.1) is 11.8 Å². The second-order valence-corrected chi connectivity index (χ2v) is 7.61. The fourth-order valence-electron chi connectivity index (χ4n) is 4.43. The van der Waals surface area contributed by atoms with Gasteiger partial charge in [0.15, 0.2) is 0 Å². The Morgan fingerprint density at radius 2 is 1.92 bits per heavy atom. The standard InChI is InChI=1S/C20H27N5O/c1-23-19(4-9-22-23)20(26)25-12-7-18(15-25)17-5-10-24(11-6-17)14-16-3-2-8-21-13-16/h2-4,8-9,13,17-18H,5-7,10-12,14-15H2,1H3/t18-/m0/s1. The number of aromatic nitrogens is 3. The average molecular weight is 353 g/mol. The maximum Gasteiger partial charge on any atom is 0.272 e. The minimum Gasteiger partial charge on any atom is -0.337 e. The number of amides is 1. The molecule has 2 aromatic rings. The molecule has 4 heterocycles. The number of likely N-dealkylation sites (tertiary alicyclic amines) is 2. The fourth-order valence-corrected chi connectivity index (χ4v) is 4.43. The molecule has 0 radical (unpaired) electrons. The Kier molecular flexibility index (Phi) is 5.02. The van der Waals surface area contributed by atoms with Crippen LogP contribution in [-0.2, 0) is 13.6 Å². The van der Waals surface area contributed by atoms with Crippen molar-refractivity contribution in [3.05, 3.63) is 48.0 Å². The van der Waals surface area contributed by atoms with E-state index in [9.17, 15) is 4.79 Å². The number of rotatable bonds is 4. The van der Waals surface area contributed by atoms with Gasteiger partial charge in [-0.3, -0.25) is 19.4 Å². The number of carbonyl (C=O) groups is 1. The zero-order chi connectivity index (χ0) is 17.9. The summed E-state index contributed by atoms with van der Waals surface area (Å²) in [5.74, 6) is 1.51. The van der Waals surface area contributed by atoms with Crippen molar-refractivity contribution in [2.24, 2.45) is 18.9 Å². The van der Waals surface area contributed by atoms with Crippen LogP contribution in [0.1, 0.15) is 35.3 Å². The molecule has 2 aliphatic rings. The highest BCUT2D eigenvalue weighted by molar-refractivity contribution is 5.92. The Hall–Kier alpha value is -2.21. The number of nitrogens with zero attached hydrogens (tertiary/aromatic N) is 5. The lowest BCUT2D eigenvalue weighted by atomic mass is 9.83. The molecule has 0 saturated carbocycles. The highest BCUT2D eigenvalue weighted by Gasteiger charge is 2.34. The largest absolute Gasteiger partial charge is 0.337 e. The van der Waals surface area contributed by atoms with Gasteiger partial charge >= 0.3 is 0 Å². The van der Waals surface area contributed by atoms with Gasteiger partial charge in [0.1, 0.15) is 5.69 Å². The van der Waals surface area contributed by atoms with Gasteiger partial charge in [-0.05, 0) is 61.9 Å². The van der Waals surface area contributed by atoms with Crippen molar-refractivity contribution < 1.29 is 4.79 Å². The van der Waals surface area contributed by atoms with Crippen LogP contribution in [-0.4, -0.2) is 56.7 Å². The summed E-state index contributed by atoms with van der Waals surface area (Å²) >= 11 is 0. The third-order valence-electron chi connectivity index (χ3n) is 5.98. The van der Waals surface area contributed by atoms with E-state index in [0.717, 1.165) is 45.1 Å². The van der Waals surface area contributed by atoms with Gasteiger partial charge in [0.05, 0.1) is 0 Å². The highest BCUT2D eigenvalue weighted by atomic mass is 16.2. The van der Waals surface area contributed by atoms with Crippen molar-refractivity contribution in [3.63, 3.8) is 0 Å². The van der Waals surface area contributed by atoms with E-state index in [-0.39, 0.29) is 5.91 Å². The van der Waals surface area contributed by atoms with Gasteiger partial charge in [-0.1, -0.05) is 6.07 Å². The van der Waals surface area contributed by atoms with E-state index in [1.165, 1.54) is 18.4 Å². The number of aryl methyl sites for hydroxylation is 1.